The summed E-state index contributed by atoms with van der Waals surface area (Å²) in [5.74, 6) is -0.964. The molecule has 1 rings (SSSR count). The molecule has 0 aliphatic heterocycles. The number of hydrogen-bond acceptors (Lipinski definition) is 2. The molecular weight excluding hydrogens is 262 g/mol. The van der Waals surface area contributed by atoms with E-state index in [1.165, 1.54) is 6.08 Å². The maximum absolute atomic E-state index is 10.5. The Morgan fingerprint density at radius 2 is 2.21 bits per heavy atom. The molecule has 104 valence electrons. The number of anilines is 1. The van der Waals surface area contributed by atoms with Gasteiger partial charge in [0.25, 0.3) is 0 Å². The average Bonchev–Trinajstić information content (AvgIpc) is 2.36. The third-order valence-electron chi connectivity index (χ3n) is 3.14. The Labute approximate surface area is 119 Å². The van der Waals surface area contributed by atoms with Crippen LogP contribution in [0.5, 0.6) is 0 Å². The number of nitrogens with zero attached hydrogens (tertiary/aromatic N) is 1. The molecule has 1 aromatic carbocycles. The lowest BCUT2D eigenvalue weighted by Crippen LogP contribution is -2.28. The first-order valence-electron chi connectivity index (χ1n) is 6.39. The van der Waals surface area contributed by atoms with Crippen molar-refractivity contribution in [1.82, 2.24) is 0 Å². The van der Waals surface area contributed by atoms with Crippen molar-refractivity contribution in [2.75, 3.05) is 11.9 Å². The Balaban J connectivity index is 2.91. The van der Waals surface area contributed by atoms with Crippen LogP contribution in [-0.4, -0.2) is 24.2 Å². The van der Waals surface area contributed by atoms with Gasteiger partial charge in [0.2, 0.25) is 0 Å². The third-order valence-corrected chi connectivity index (χ3v) is 3.44. The van der Waals surface area contributed by atoms with Crippen LogP contribution in [0.4, 0.5) is 5.69 Å². The molecule has 1 atom stereocenters. The zero-order chi connectivity index (χ0) is 14.4. The van der Waals surface area contributed by atoms with E-state index in [0.29, 0.717) is 11.1 Å². The van der Waals surface area contributed by atoms with Gasteiger partial charge in [0.15, 0.2) is 0 Å². The quantitative estimate of drug-likeness (QED) is 0.799. The van der Waals surface area contributed by atoms with Crippen molar-refractivity contribution in [2.24, 2.45) is 0 Å². The van der Waals surface area contributed by atoms with E-state index in [1.807, 2.05) is 19.2 Å². The van der Waals surface area contributed by atoms with Gasteiger partial charge in [0.05, 0.1) is 10.7 Å². The molecule has 0 amide bonds. The lowest BCUT2D eigenvalue weighted by Gasteiger charge is -2.27. The molecule has 0 spiro atoms. The van der Waals surface area contributed by atoms with Crippen LogP contribution < -0.4 is 4.90 Å². The average molecular weight is 282 g/mol. The van der Waals surface area contributed by atoms with Crippen molar-refractivity contribution in [3.63, 3.8) is 0 Å². The first kappa shape index (κ1) is 15.6. The zero-order valence-electron chi connectivity index (χ0n) is 11.6. The Hall–Kier alpha value is -1.48. The summed E-state index contributed by atoms with van der Waals surface area (Å²) in [5.41, 5.74) is 1.75. The minimum atomic E-state index is -0.964. The molecule has 1 unspecified atom stereocenters. The fourth-order valence-electron chi connectivity index (χ4n) is 1.93. The number of halogens is 1. The summed E-state index contributed by atoms with van der Waals surface area (Å²) in [5, 5.41) is 9.23. The second kappa shape index (κ2) is 7.19. The van der Waals surface area contributed by atoms with Crippen molar-refractivity contribution < 1.29 is 9.90 Å². The monoisotopic (exact) mass is 281 g/mol. The highest BCUT2D eigenvalue weighted by molar-refractivity contribution is 6.33. The minimum absolute atomic E-state index is 0.419. The van der Waals surface area contributed by atoms with E-state index in [0.717, 1.165) is 30.2 Å². The van der Waals surface area contributed by atoms with Gasteiger partial charge < -0.3 is 10.0 Å². The highest BCUT2D eigenvalue weighted by Gasteiger charge is 2.12. The van der Waals surface area contributed by atoms with Crippen LogP contribution in [0, 0.1) is 0 Å². The lowest BCUT2D eigenvalue weighted by atomic mass is 10.1. The maximum Gasteiger partial charge on any atom is 0.328 e. The third kappa shape index (κ3) is 4.60. The predicted molar refractivity (Wildman–Crippen MR) is 80.9 cm³/mol. The van der Waals surface area contributed by atoms with Crippen LogP contribution in [0.1, 0.15) is 32.3 Å². The Morgan fingerprint density at radius 1 is 1.53 bits per heavy atom. The summed E-state index contributed by atoms with van der Waals surface area (Å²) in [7, 11) is 2.02. The molecule has 0 fully saturated rings. The van der Waals surface area contributed by atoms with E-state index in [2.05, 4.69) is 18.7 Å². The number of benzene rings is 1. The first-order chi connectivity index (χ1) is 8.95. The molecule has 4 heteroatoms. The summed E-state index contributed by atoms with van der Waals surface area (Å²) in [6.45, 7) is 4.32. The van der Waals surface area contributed by atoms with Gasteiger partial charge in [-0.05, 0) is 37.1 Å². The van der Waals surface area contributed by atoms with E-state index in [1.54, 1.807) is 6.07 Å². The molecule has 0 saturated heterocycles. The van der Waals surface area contributed by atoms with Crippen LogP contribution in [0.2, 0.25) is 5.02 Å². The van der Waals surface area contributed by atoms with Crippen LogP contribution in [0.3, 0.4) is 0 Å². The van der Waals surface area contributed by atoms with Gasteiger partial charge in [-0.15, -0.1) is 0 Å². The second-order valence-corrected chi connectivity index (χ2v) is 5.04. The van der Waals surface area contributed by atoms with Crippen LogP contribution in [0.25, 0.3) is 6.08 Å². The summed E-state index contributed by atoms with van der Waals surface area (Å²) in [4.78, 5) is 12.6. The van der Waals surface area contributed by atoms with E-state index < -0.39 is 5.97 Å². The predicted octanol–water partition coefficient (Wildman–Crippen LogP) is 4.06. The summed E-state index contributed by atoms with van der Waals surface area (Å²) in [6, 6.07) is 6.00. The molecular formula is C15H20ClNO2. The van der Waals surface area contributed by atoms with Crippen LogP contribution in [0.15, 0.2) is 24.3 Å². The smallest absolute Gasteiger partial charge is 0.328 e. The fourth-order valence-corrected chi connectivity index (χ4v) is 2.25. The molecule has 0 aliphatic rings. The van der Waals surface area contributed by atoms with E-state index in [4.69, 9.17) is 16.7 Å². The van der Waals surface area contributed by atoms with Gasteiger partial charge >= 0.3 is 5.97 Å². The number of aliphatic carboxylic acids is 1. The Kier molecular flexibility index (Phi) is 5.90. The zero-order valence-corrected chi connectivity index (χ0v) is 12.3. The maximum atomic E-state index is 10.5. The number of carboxylic acid groups (broad SMARTS) is 1. The second-order valence-electron chi connectivity index (χ2n) is 4.63. The molecule has 0 saturated carbocycles. The van der Waals surface area contributed by atoms with Crippen LogP contribution >= 0.6 is 11.6 Å². The molecule has 1 aromatic rings. The molecule has 0 heterocycles. The van der Waals surface area contributed by atoms with E-state index >= 15 is 0 Å². The summed E-state index contributed by atoms with van der Waals surface area (Å²) in [6.07, 6.45) is 4.87. The molecule has 0 aliphatic carbocycles. The van der Waals surface area contributed by atoms with Gasteiger partial charge in [0.1, 0.15) is 0 Å². The van der Waals surface area contributed by atoms with Crippen molar-refractivity contribution in [3.8, 4) is 0 Å². The lowest BCUT2D eigenvalue weighted by molar-refractivity contribution is -0.131. The van der Waals surface area contributed by atoms with Gasteiger partial charge in [-0.25, -0.2) is 4.79 Å². The van der Waals surface area contributed by atoms with E-state index in [9.17, 15) is 4.79 Å². The number of carbonyl (C=O) groups is 1. The van der Waals surface area contributed by atoms with Crippen molar-refractivity contribution >= 4 is 29.3 Å². The summed E-state index contributed by atoms with van der Waals surface area (Å²) >= 11 is 6.26. The van der Waals surface area contributed by atoms with Crippen molar-refractivity contribution in [2.45, 2.75) is 32.7 Å². The number of rotatable bonds is 6. The Bertz CT molecular complexity index is 471. The molecule has 0 aromatic heterocycles. The van der Waals surface area contributed by atoms with Gasteiger partial charge in [-0.2, -0.15) is 0 Å². The summed E-state index contributed by atoms with van der Waals surface area (Å²) < 4.78 is 0. The SMILES string of the molecule is CCCC(C)N(C)c1ccc(/C=C/C(=O)O)cc1Cl. The fraction of sp³-hybridized carbons (Fsp3) is 0.400. The normalized spacial score (nSPS) is 12.6. The van der Waals surface area contributed by atoms with Gasteiger partial charge in [-0.3, -0.25) is 0 Å². The molecule has 1 N–H and O–H groups in total. The number of carboxylic acids is 1. The standard InChI is InChI=1S/C15H20ClNO2/c1-4-5-11(2)17(3)14-8-6-12(10-13(14)16)7-9-15(18)19/h6-11H,4-5H2,1-3H3,(H,18,19)/b9-7+. The molecule has 0 radical (unpaired) electrons. The van der Waals surface area contributed by atoms with Crippen LogP contribution in [-0.2, 0) is 4.79 Å². The molecule has 19 heavy (non-hydrogen) atoms. The topological polar surface area (TPSA) is 40.5 Å². The minimum Gasteiger partial charge on any atom is -0.478 e. The molecule has 3 nitrogen and oxygen atoms in total. The van der Waals surface area contributed by atoms with Gasteiger partial charge in [-0.1, -0.05) is 31.0 Å². The highest BCUT2D eigenvalue weighted by Crippen LogP contribution is 2.28. The highest BCUT2D eigenvalue weighted by atomic mass is 35.5. The largest absolute Gasteiger partial charge is 0.478 e. The molecule has 0 bridgehead atoms. The number of hydrogen-bond donors (Lipinski definition) is 1. The first-order valence-corrected chi connectivity index (χ1v) is 6.77. The van der Waals surface area contributed by atoms with Crippen molar-refractivity contribution in [1.29, 1.82) is 0 Å². The van der Waals surface area contributed by atoms with Gasteiger partial charge in [0, 0.05) is 19.2 Å². The van der Waals surface area contributed by atoms with E-state index in [-0.39, 0.29) is 0 Å². The van der Waals surface area contributed by atoms with Crippen molar-refractivity contribution in [3.05, 3.63) is 34.9 Å². The Morgan fingerprint density at radius 3 is 2.74 bits per heavy atom.